The minimum atomic E-state index is -0.245. The van der Waals surface area contributed by atoms with E-state index in [4.69, 9.17) is 27.6 Å². The Kier molecular flexibility index (Phi) is 6.21. The lowest BCUT2D eigenvalue weighted by Gasteiger charge is -2.42. The van der Waals surface area contributed by atoms with Crippen molar-refractivity contribution in [3.05, 3.63) is 52.2 Å². The van der Waals surface area contributed by atoms with E-state index in [1.165, 1.54) is 12.5 Å². The minimum absolute atomic E-state index is 0.118. The van der Waals surface area contributed by atoms with Crippen LogP contribution < -0.4 is 10.6 Å². The third-order valence-electron chi connectivity index (χ3n) is 5.69. The van der Waals surface area contributed by atoms with E-state index in [0.717, 1.165) is 51.0 Å². The molecule has 1 aliphatic heterocycles. The summed E-state index contributed by atoms with van der Waals surface area (Å²) < 4.78 is 5.05. The molecule has 8 heteroatoms. The molecule has 1 unspecified atom stereocenters. The summed E-state index contributed by atoms with van der Waals surface area (Å²) in [4.78, 5) is 18.5. The highest BCUT2D eigenvalue weighted by molar-refractivity contribution is 6.42. The molecule has 28 heavy (non-hydrogen) atoms. The van der Waals surface area contributed by atoms with Gasteiger partial charge in [0.2, 0.25) is 0 Å². The van der Waals surface area contributed by atoms with Crippen LogP contribution in [0, 0.1) is 5.92 Å². The number of oxazole rings is 1. The zero-order valence-corrected chi connectivity index (χ0v) is 17.0. The fourth-order valence-electron chi connectivity index (χ4n) is 4.19. The average molecular weight is 423 g/mol. The highest BCUT2D eigenvalue weighted by atomic mass is 35.5. The Labute approximate surface area is 174 Å². The first-order chi connectivity index (χ1) is 13.6. The van der Waals surface area contributed by atoms with Crippen molar-refractivity contribution in [2.45, 2.75) is 31.3 Å². The van der Waals surface area contributed by atoms with Gasteiger partial charge >= 0.3 is 5.91 Å². The highest BCUT2D eigenvalue weighted by Crippen LogP contribution is 2.41. The summed E-state index contributed by atoms with van der Waals surface area (Å²) in [6, 6.07) is 6.30. The van der Waals surface area contributed by atoms with Crippen LogP contribution in [0.3, 0.4) is 0 Å². The summed E-state index contributed by atoms with van der Waals surface area (Å²) in [6.45, 7) is 3.94. The van der Waals surface area contributed by atoms with E-state index in [1.54, 1.807) is 0 Å². The number of halogens is 2. The SMILES string of the molecule is O=C(N[C@H]1C[C@@H](CC(c2cccc(Cl)c2Cl)N2CCNCC2)C1)c1ncco1. The number of rotatable bonds is 6. The second-order valence-corrected chi connectivity index (χ2v) is 8.31. The molecule has 0 spiro atoms. The standard InChI is InChI=1S/C20H24Cl2N4O2/c21-16-3-1-2-15(18(16)22)17(26-7-4-23-5-8-26)12-13-10-14(11-13)25-19(27)20-24-6-9-28-20/h1-3,6,9,13-14,17,23H,4-5,7-8,10-12H2,(H,25,27)/t13-,14+,17?. The third kappa shape index (κ3) is 4.35. The molecule has 4 rings (SSSR count). The number of benzene rings is 1. The predicted octanol–water partition coefficient (Wildman–Crippen LogP) is 3.53. The molecule has 0 radical (unpaired) electrons. The number of carbonyl (C=O) groups excluding carboxylic acids is 1. The van der Waals surface area contributed by atoms with Gasteiger partial charge in [0, 0.05) is 38.3 Å². The molecular formula is C20H24Cl2N4O2. The molecule has 1 saturated heterocycles. The number of nitrogens with one attached hydrogen (secondary N) is 2. The van der Waals surface area contributed by atoms with Crippen LogP contribution in [0.4, 0.5) is 0 Å². The average Bonchev–Trinajstić information content (AvgIpc) is 3.22. The summed E-state index contributed by atoms with van der Waals surface area (Å²) in [5.41, 5.74) is 1.10. The molecule has 1 amide bonds. The molecular weight excluding hydrogens is 399 g/mol. The Morgan fingerprint density at radius 3 is 2.82 bits per heavy atom. The fraction of sp³-hybridized carbons (Fsp3) is 0.500. The molecule has 2 fully saturated rings. The number of piperazine rings is 1. The molecule has 2 N–H and O–H groups in total. The molecule has 1 saturated carbocycles. The van der Waals surface area contributed by atoms with Crippen LogP contribution in [-0.2, 0) is 0 Å². The van der Waals surface area contributed by atoms with Gasteiger partial charge in [0.1, 0.15) is 6.26 Å². The van der Waals surface area contributed by atoms with Crippen molar-refractivity contribution in [3.8, 4) is 0 Å². The lowest BCUT2D eigenvalue weighted by molar-refractivity contribution is 0.0805. The van der Waals surface area contributed by atoms with E-state index in [-0.39, 0.29) is 23.9 Å². The van der Waals surface area contributed by atoms with Crippen molar-refractivity contribution in [1.82, 2.24) is 20.5 Å². The molecule has 0 bridgehead atoms. The number of aromatic nitrogens is 1. The largest absolute Gasteiger partial charge is 0.441 e. The topological polar surface area (TPSA) is 70.4 Å². The summed E-state index contributed by atoms with van der Waals surface area (Å²) in [5.74, 6) is 0.405. The molecule has 1 aromatic heterocycles. The fourth-order valence-corrected chi connectivity index (χ4v) is 4.62. The molecule has 1 aliphatic carbocycles. The van der Waals surface area contributed by atoms with E-state index in [9.17, 15) is 4.79 Å². The van der Waals surface area contributed by atoms with Crippen molar-refractivity contribution >= 4 is 29.1 Å². The molecule has 6 nitrogen and oxygen atoms in total. The van der Waals surface area contributed by atoms with Crippen molar-refractivity contribution in [3.63, 3.8) is 0 Å². The number of amides is 1. The van der Waals surface area contributed by atoms with Crippen molar-refractivity contribution in [2.75, 3.05) is 26.2 Å². The quantitative estimate of drug-likeness (QED) is 0.744. The van der Waals surface area contributed by atoms with E-state index < -0.39 is 0 Å². The van der Waals surface area contributed by atoms with Gasteiger partial charge in [-0.15, -0.1) is 0 Å². The first kappa shape index (κ1) is 19.7. The van der Waals surface area contributed by atoms with Crippen molar-refractivity contribution in [1.29, 1.82) is 0 Å². The van der Waals surface area contributed by atoms with Crippen LogP contribution in [0.15, 0.2) is 35.1 Å². The zero-order valence-electron chi connectivity index (χ0n) is 15.5. The normalized spacial score (nSPS) is 23.8. The maximum atomic E-state index is 12.1. The summed E-state index contributed by atoms with van der Waals surface area (Å²) in [6.07, 6.45) is 5.79. The molecule has 2 aliphatic rings. The number of hydrogen-bond acceptors (Lipinski definition) is 5. The predicted molar refractivity (Wildman–Crippen MR) is 109 cm³/mol. The van der Waals surface area contributed by atoms with E-state index in [1.807, 2.05) is 12.1 Å². The Hall–Kier alpha value is -1.60. The summed E-state index contributed by atoms with van der Waals surface area (Å²) in [7, 11) is 0. The van der Waals surface area contributed by atoms with Gasteiger partial charge in [-0.25, -0.2) is 4.98 Å². The van der Waals surface area contributed by atoms with Crippen LogP contribution in [0.25, 0.3) is 0 Å². The van der Waals surface area contributed by atoms with Gasteiger partial charge in [-0.2, -0.15) is 0 Å². The maximum Gasteiger partial charge on any atom is 0.307 e. The number of nitrogens with zero attached hydrogens (tertiary/aromatic N) is 2. The zero-order chi connectivity index (χ0) is 19.5. The minimum Gasteiger partial charge on any atom is -0.441 e. The molecule has 150 valence electrons. The lowest BCUT2D eigenvalue weighted by Crippen LogP contribution is -2.48. The smallest absolute Gasteiger partial charge is 0.307 e. The Balaban J connectivity index is 1.39. The maximum absolute atomic E-state index is 12.1. The van der Waals surface area contributed by atoms with Crippen molar-refractivity contribution in [2.24, 2.45) is 5.92 Å². The van der Waals surface area contributed by atoms with Crippen LogP contribution in [0.5, 0.6) is 0 Å². The van der Waals surface area contributed by atoms with Gasteiger partial charge in [0.05, 0.1) is 16.2 Å². The van der Waals surface area contributed by atoms with Crippen LogP contribution in [0.1, 0.15) is 41.6 Å². The van der Waals surface area contributed by atoms with Gasteiger partial charge < -0.3 is 15.1 Å². The Bertz CT molecular complexity index is 803. The summed E-state index contributed by atoms with van der Waals surface area (Å²) >= 11 is 12.8. The van der Waals surface area contributed by atoms with Crippen LogP contribution >= 0.6 is 23.2 Å². The Morgan fingerprint density at radius 2 is 2.11 bits per heavy atom. The molecule has 1 atom stereocenters. The lowest BCUT2D eigenvalue weighted by atomic mass is 9.75. The molecule has 2 aromatic rings. The second-order valence-electron chi connectivity index (χ2n) is 7.53. The summed E-state index contributed by atoms with van der Waals surface area (Å²) in [5, 5.41) is 7.66. The third-order valence-corrected chi connectivity index (χ3v) is 6.52. The van der Waals surface area contributed by atoms with Gasteiger partial charge in [0.25, 0.3) is 5.89 Å². The first-order valence-corrected chi connectivity index (χ1v) is 10.5. The Morgan fingerprint density at radius 1 is 1.32 bits per heavy atom. The van der Waals surface area contributed by atoms with E-state index >= 15 is 0 Å². The molecule has 2 heterocycles. The number of carbonyl (C=O) groups is 1. The van der Waals surface area contributed by atoms with Crippen LogP contribution in [0.2, 0.25) is 10.0 Å². The number of hydrogen-bond donors (Lipinski definition) is 2. The highest BCUT2D eigenvalue weighted by Gasteiger charge is 2.35. The van der Waals surface area contributed by atoms with Gasteiger partial charge in [-0.05, 0) is 36.8 Å². The monoisotopic (exact) mass is 422 g/mol. The van der Waals surface area contributed by atoms with Crippen molar-refractivity contribution < 1.29 is 9.21 Å². The van der Waals surface area contributed by atoms with Gasteiger partial charge in [-0.1, -0.05) is 35.3 Å². The first-order valence-electron chi connectivity index (χ1n) is 9.71. The molecule has 1 aromatic carbocycles. The van der Waals surface area contributed by atoms with Gasteiger partial charge in [0.15, 0.2) is 0 Å². The van der Waals surface area contributed by atoms with E-state index in [2.05, 4.69) is 26.6 Å². The second kappa shape index (κ2) is 8.82. The van der Waals surface area contributed by atoms with Crippen LogP contribution in [-0.4, -0.2) is 48.0 Å². The van der Waals surface area contributed by atoms with Gasteiger partial charge in [-0.3, -0.25) is 9.69 Å². The van der Waals surface area contributed by atoms with E-state index in [0.29, 0.717) is 16.0 Å².